The SMILES string of the molecule is COc1cc(C(C)=O)c(N)cc1OCCOC(=O)C1CC1. The van der Waals surface area contributed by atoms with Crippen LogP contribution in [0.5, 0.6) is 11.5 Å². The van der Waals surface area contributed by atoms with Crippen LogP contribution >= 0.6 is 0 Å². The van der Waals surface area contributed by atoms with Gasteiger partial charge in [0.2, 0.25) is 0 Å². The molecular formula is C15H19NO5. The number of ketones is 1. The number of esters is 1. The number of hydrogen-bond acceptors (Lipinski definition) is 6. The summed E-state index contributed by atoms with van der Waals surface area (Å²) in [6.07, 6.45) is 1.83. The van der Waals surface area contributed by atoms with Crippen LogP contribution in [0, 0.1) is 5.92 Å². The van der Waals surface area contributed by atoms with E-state index in [-0.39, 0.29) is 30.9 Å². The summed E-state index contributed by atoms with van der Waals surface area (Å²) in [5.74, 6) is 0.600. The quantitative estimate of drug-likeness (QED) is 0.357. The molecule has 1 aliphatic rings. The number of ether oxygens (including phenoxy) is 3. The third-order valence-corrected chi connectivity index (χ3v) is 3.21. The van der Waals surface area contributed by atoms with E-state index in [1.165, 1.54) is 20.1 Å². The molecule has 2 N–H and O–H groups in total. The Hall–Kier alpha value is -2.24. The molecule has 6 heteroatoms. The molecule has 114 valence electrons. The number of nitrogen functional groups attached to an aromatic ring is 1. The summed E-state index contributed by atoms with van der Waals surface area (Å²) in [6.45, 7) is 1.81. The zero-order valence-corrected chi connectivity index (χ0v) is 12.2. The second kappa shape index (κ2) is 6.47. The zero-order valence-electron chi connectivity index (χ0n) is 12.2. The molecule has 0 bridgehead atoms. The first kappa shape index (κ1) is 15.2. The van der Waals surface area contributed by atoms with Crippen LogP contribution in [0.1, 0.15) is 30.1 Å². The van der Waals surface area contributed by atoms with Crippen molar-refractivity contribution in [3.05, 3.63) is 17.7 Å². The zero-order chi connectivity index (χ0) is 15.4. The van der Waals surface area contributed by atoms with Crippen LogP contribution in [0.15, 0.2) is 12.1 Å². The molecule has 6 nitrogen and oxygen atoms in total. The maximum Gasteiger partial charge on any atom is 0.309 e. The van der Waals surface area contributed by atoms with Crippen molar-refractivity contribution in [1.29, 1.82) is 0 Å². The summed E-state index contributed by atoms with van der Waals surface area (Å²) in [6, 6.07) is 3.08. The molecule has 0 aliphatic heterocycles. The van der Waals surface area contributed by atoms with E-state index < -0.39 is 0 Å². The standard InChI is InChI=1S/C15H19NO5/c1-9(17)11-7-13(19-2)14(8-12(11)16)20-5-6-21-15(18)10-3-4-10/h7-8,10H,3-6,16H2,1-2H3. The maximum atomic E-state index is 11.4. The minimum atomic E-state index is -0.169. The molecule has 0 aromatic heterocycles. The molecule has 0 heterocycles. The number of carbonyl (C=O) groups excluding carboxylic acids is 2. The Morgan fingerprint density at radius 3 is 2.52 bits per heavy atom. The van der Waals surface area contributed by atoms with Crippen LogP contribution in [-0.2, 0) is 9.53 Å². The van der Waals surface area contributed by atoms with E-state index in [2.05, 4.69) is 0 Å². The largest absolute Gasteiger partial charge is 0.493 e. The Labute approximate surface area is 123 Å². The second-order valence-corrected chi connectivity index (χ2v) is 4.94. The summed E-state index contributed by atoms with van der Waals surface area (Å²) in [5, 5.41) is 0. The Kier molecular flexibility index (Phi) is 4.67. The summed E-state index contributed by atoms with van der Waals surface area (Å²) in [4.78, 5) is 22.8. The molecule has 0 spiro atoms. The Morgan fingerprint density at radius 1 is 1.24 bits per heavy atom. The number of methoxy groups -OCH3 is 1. The lowest BCUT2D eigenvalue weighted by atomic mass is 10.1. The second-order valence-electron chi connectivity index (χ2n) is 4.94. The average molecular weight is 293 g/mol. The molecule has 0 unspecified atom stereocenters. The summed E-state index contributed by atoms with van der Waals surface area (Å²) >= 11 is 0. The van der Waals surface area contributed by atoms with Gasteiger partial charge in [0.15, 0.2) is 17.3 Å². The lowest BCUT2D eigenvalue weighted by Gasteiger charge is -2.13. The van der Waals surface area contributed by atoms with E-state index in [9.17, 15) is 9.59 Å². The highest BCUT2D eigenvalue weighted by Crippen LogP contribution is 2.32. The van der Waals surface area contributed by atoms with Crippen molar-refractivity contribution in [3.8, 4) is 11.5 Å². The van der Waals surface area contributed by atoms with Gasteiger partial charge in [-0.3, -0.25) is 9.59 Å². The minimum absolute atomic E-state index is 0.0741. The lowest BCUT2D eigenvalue weighted by molar-refractivity contribution is -0.145. The van der Waals surface area contributed by atoms with Gasteiger partial charge in [0.1, 0.15) is 13.2 Å². The van der Waals surface area contributed by atoms with Gasteiger partial charge in [-0.1, -0.05) is 0 Å². The molecule has 0 radical (unpaired) electrons. The number of Topliss-reactive ketones (excluding diaryl/α,β-unsaturated/α-hetero) is 1. The molecular weight excluding hydrogens is 274 g/mol. The molecule has 0 amide bonds. The first-order chi connectivity index (χ1) is 10.0. The molecule has 1 aromatic rings. The lowest BCUT2D eigenvalue weighted by Crippen LogP contribution is -2.13. The van der Waals surface area contributed by atoms with Gasteiger partial charge >= 0.3 is 5.97 Å². The Balaban J connectivity index is 1.93. The summed E-state index contributed by atoms with van der Waals surface area (Å²) in [5.41, 5.74) is 6.52. The number of rotatable bonds is 7. The maximum absolute atomic E-state index is 11.4. The van der Waals surface area contributed by atoms with Crippen LogP contribution in [0.2, 0.25) is 0 Å². The van der Waals surface area contributed by atoms with Crippen LogP contribution in [-0.4, -0.2) is 32.1 Å². The van der Waals surface area contributed by atoms with E-state index in [0.717, 1.165) is 12.8 Å². The van der Waals surface area contributed by atoms with E-state index >= 15 is 0 Å². The van der Waals surface area contributed by atoms with Crippen molar-refractivity contribution in [1.82, 2.24) is 0 Å². The first-order valence-corrected chi connectivity index (χ1v) is 6.80. The molecule has 0 saturated heterocycles. The van der Waals surface area contributed by atoms with E-state index in [4.69, 9.17) is 19.9 Å². The summed E-state index contributed by atoms with van der Waals surface area (Å²) in [7, 11) is 1.48. The third kappa shape index (κ3) is 3.87. The van der Waals surface area contributed by atoms with Crippen molar-refractivity contribution in [2.75, 3.05) is 26.1 Å². The topological polar surface area (TPSA) is 87.8 Å². The van der Waals surface area contributed by atoms with Gasteiger partial charge in [-0.05, 0) is 25.8 Å². The van der Waals surface area contributed by atoms with Crippen molar-refractivity contribution in [2.24, 2.45) is 5.92 Å². The minimum Gasteiger partial charge on any atom is -0.493 e. The normalized spacial score (nSPS) is 13.6. The Bertz CT molecular complexity index is 551. The first-order valence-electron chi connectivity index (χ1n) is 6.80. The fourth-order valence-corrected chi connectivity index (χ4v) is 1.88. The Morgan fingerprint density at radius 2 is 1.95 bits per heavy atom. The van der Waals surface area contributed by atoms with E-state index in [1.807, 2.05) is 0 Å². The van der Waals surface area contributed by atoms with Gasteiger partial charge in [0.05, 0.1) is 13.0 Å². The molecule has 0 atom stereocenters. The van der Waals surface area contributed by atoms with Crippen LogP contribution < -0.4 is 15.2 Å². The smallest absolute Gasteiger partial charge is 0.309 e. The number of carbonyl (C=O) groups is 2. The molecule has 1 aromatic carbocycles. The van der Waals surface area contributed by atoms with Crippen LogP contribution in [0.3, 0.4) is 0 Å². The predicted molar refractivity (Wildman–Crippen MR) is 76.6 cm³/mol. The molecule has 1 fully saturated rings. The van der Waals surface area contributed by atoms with Gasteiger partial charge in [0, 0.05) is 17.3 Å². The van der Waals surface area contributed by atoms with E-state index in [1.54, 1.807) is 6.07 Å². The number of anilines is 1. The molecule has 1 aliphatic carbocycles. The van der Waals surface area contributed by atoms with Crippen LogP contribution in [0.25, 0.3) is 0 Å². The fourth-order valence-electron chi connectivity index (χ4n) is 1.88. The molecule has 1 saturated carbocycles. The van der Waals surface area contributed by atoms with Crippen molar-refractivity contribution in [3.63, 3.8) is 0 Å². The van der Waals surface area contributed by atoms with Gasteiger partial charge in [-0.2, -0.15) is 0 Å². The third-order valence-electron chi connectivity index (χ3n) is 3.21. The highest BCUT2D eigenvalue weighted by molar-refractivity contribution is 5.99. The summed E-state index contributed by atoms with van der Waals surface area (Å²) < 4.78 is 15.7. The predicted octanol–water partition coefficient (Wildman–Crippen LogP) is 1.81. The fraction of sp³-hybridized carbons (Fsp3) is 0.467. The van der Waals surface area contributed by atoms with Gasteiger partial charge in [0.25, 0.3) is 0 Å². The molecule has 2 rings (SSSR count). The van der Waals surface area contributed by atoms with Gasteiger partial charge in [-0.15, -0.1) is 0 Å². The van der Waals surface area contributed by atoms with Crippen LogP contribution in [0.4, 0.5) is 5.69 Å². The van der Waals surface area contributed by atoms with Crippen molar-refractivity contribution >= 4 is 17.4 Å². The van der Waals surface area contributed by atoms with Crippen molar-refractivity contribution in [2.45, 2.75) is 19.8 Å². The van der Waals surface area contributed by atoms with Gasteiger partial charge in [-0.25, -0.2) is 0 Å². The van der Waals surface area contributed by atoms with Gasteiger partial charge < -0.3 is 19.9 Å². The number of benzene rings is 1. The number of hydrogen-bond donors (Lipinski definition) is 1. The monoisotopic (exact) mass is 293 g/mol. The molecule has 21 heavy (non-hydrogen) atoms. The highest BCUT2D eigenvalue weighted by Gasteiger charge is 2.31. The number of nitrogens with two attached hydrogens (primary N) is 1. The highest BCUT2D eigenvalue weighted by atomic mass is 16.6. The van der Waals surface area contributed by atoms with E-state index in [0.29, 0.717) is 22.7 Å². The average Bonchev–Trinajstić information content (AvgIpc) is 3.27. The van der Waals surface area contributed by atoms with Crippen molar-refractivity contribution < 1.29 is 23.8 Å².